The minimum absolute atomic E-state index is 0.0342. The Bertz CT molecular complexity index is 1930. The Kier molecular flexibility index (Phi) is 6.74. The van der Waals surface area contributed by atoms with E-state index >= 15 is 0 Å². The van der Waals surface area contributed by atoms with Crippen LogP contribution in [0.15, 0.2) is 58.4 Å². The molecule has 12 nitrogen and oxygen atoms in total. The third kappa shape index (κ3) is 4.93. The van der Waals surface area contributed by atoms with E-state index in [1.807, 2.05) is 30.1 Å². The van der Waals surface area contributed by atoms with Crippen molar-refractivity contribution in [1.82, 2.24) is 29.7 Å². The van der Waals surface area contributed by atoms with Crippen LogP contribution in [0, 0.1) is 0 Å². The van der Waals surface area contributed by atoms with E-state index in [2.05, 4.69) is 63.5 Å². The first-order valence-corrected chi connectivity index (χ1v) is 15.3. The molecule has 0 atom stereocenters. The molecule has 0 spiro atoms. The van der Waals surface area contributed by atoms with E-state index in [0.717, 1.165) is 41.7 Å². The first-order chi connectivity index (χ1) is 19.6. The lowest BCUT2D eigenvalue weighted by molar-refractivity contribution is 0.417. The van der Waals surface area contributed by atoms with Crippen molar-refractivity contribution in [3.05, 3.63) is 59.2 Å². The van der Waals surface area contributed by atoms with Gasteiger partial charge >= 0.3 is 0 Å². The monoisotopic (exact) mass is 635 g/mol. The molecular formula is C27H26BrN9O3S. The Morgan fingerprint density at radius 2 is 1.80 bits per heavy atom. The second-order valence-corrected chi connectivity index (χ2v) is 12.5. The van der Waals surface area contributed by atoms with E-state index in [4.69, 9.17) is 4.74 Å². The fourth-order valence-corrected chi connectivity index (χ4v) is 6.31. The number of nitrogens with zero attached hydrogens (tertiary/aromatic N) is 7. The zero-order valence-electron chi connectivity index (χ0n) is 22.7. The molecule has 0 radical (unpaired) electrons. The van der Waals surface area contributed by atoms with E-state index in [1.54, 1.807) is 25.4 Å². The van der Waals surface area contributed by atoms with Gasteiger partial charge in [-0.25, -0.2) is 13.4 Å². The number of hydrogen-bond donors (Lipinski definition) is 2. The first-order valence-electron chi connectivity index (χ1n) is 12.6. The summed E-state index contributed by atoms with van der Waals surface area (Å²) in [6.07, 6.45) is 8.45. The number of fused-ring (bicyclic) bond motifs is 4. The number of sulfone groups is 1. The van der Waals surface area contributed by atoms with Gasteiger partial charge in [-0.15, -0.1) is 0 Å². The molecule has 2 aromatic carbocycles. The molecular weight excluding hydrogens is 610 g/mol. The van der Waals surface area contributed by atoms with Crippen molar-refractivity contribution in [3.8, 4) is 16.9 Å². The van der Waals surface area contributed by atoms with Crippen molar-refractivity contribution in [3.63, 3.8) is 0 Å². The number of hydrogen-bond acceptors (Lipinski definition) is 11. The van der Waals surface area contributed by atoms with Gasteiger partial charge in [-0.05, 0) is 34.1 Å². The zero-order chi connectivity index (χ0) is 28.9. The molecule has 6 rings (SSSR count). The van der Waals surface area contributed by atoms with Crippen LogP contribution in [-0.2, 0) is 23.3 Å². The molecule has 2 N–H and O–H groups in total. The third-order valence-electron chi connectivity index (χ3n) is 6.97. The number of anilines is 5. The van der Waals surface area contributed by atoms with E-state index in [9.17, 15) is 8.42 Å². The van der Waals surface area contributed by atoms with Crippen LogP contribution in [0.2, 0.25) is 0 Å². The first kappa shape index (κ1) is 26.9. The number of benzene rings is 2. The maximum absolute atomic E-state index is 12.8. The fraction of sp³-hybridized carbons (Fsp3) is 0.222. The fourth-order valence-electron chi connectivity index (χ4n) is 4.99. The molecule has 1 aliphatic heterocycles. The molecule has 0 saturated heterocycles. The number of methoxy groups -OCH3 is 1. The Morgan fingerprint density at radius 3 is 2.59 bits per heavy atom. The Labute approximate surface area is 244 Å². The maximum Gasteiger partial charge on any atom is 0.229 e. The Balaban J connectivity index is 1.40. The number of rotatable bonds is 6. The summed E-state index contributed by atoms with van der Waals surface area (Å²) in [7, 11) is 1.96. The highest BCUT2D eigenvalue weighted by molar-refractivity contribution is 9.10. The van der Waals surface area contributed by atoms with Crippen LogP contribution in [0.1, 0.15) is 5.69 Å². The van der Waals surface area contributed by atoms with Gasteiger partial charge in [0, 0.05) is 80.5 Å². The summed E-state index contributed by atoms with van der Waals surface area (Å²) in [6.45, 7) is 0.843. The van der Waals surface area contributed by atoms with Crippen LogP contribution in [0.3, 0.4) is 0 Å². The van der Waals surface area contributed by atoms with Crippen molar-refractivity contribution < 1.29 is 13.2 Å². The number of ether oxygens (including phenoxy) is 1. The van der Waals surface area contributed by atoms with Crippen LogP contribution >= 0.6 is 15.9 Å². The zero-order valence-corrected chi connectivity index (χ0v) is 25.1. The molecule has 0 saturated carbocycles. The number of aromatic nitrogens is 6. The lowest BCUT2D eigenvalue weighted by atomic mass is 10.0. The van der Waals surface area contributed by atoms with Gasteiger partial charge in [0.05, 0.1) is 34.7 Å². The average molecular weight is 637 g/mol. The van der Waals surface area contributed by atoms with E-state index in [-0.39, 0.29) is 16.4 Å². The Morgan fingerprint density at radius 1 is 1.00 bits per heavy atom. The van der Waals surface area contributed by atoms with Crippen LogP contribution in [0.25, 0.3) is 22.2 Å². The van der Waals surface area contributed by atoms with Gasteiger partial charge in [-0.2, -0.15) is 10.1 Å². The van der Waals surface area contributed by atoms with E-state index < -0.39 is 9.84 Å². The topological polar surface area (TPSA) is 140 Å². The van der Waals surface area contributed by atoms with Crippen LogP contribution < -0.4 is 20.3 Å². The molecule has 14 heteroatoms. The molecule has 4 heterocycles. The second-order valence-electron chi connectivity index (χ2n) is 9.65. The number of likely N-dealkylation sites (N-methyl/N-ethyl adjacent to an activating group) is 1. The smallest absolute Gasteiger partial charge is 0.229 e. The summed E-state index contributed by atoms with van der Waals surface area (Å²) in [6, 6.07) is 7.36. The lowest BCUT2D eigenvalue weighted by Gasteiger charge is -2.22. The quantitative estimate of drug-likeness (QED) is 0.273. The highest BCUT2D eigenvalue weighted by atomic mass is 79.9. The van der Waals surface area contributed by atoms with Gasteiger partial charge in [0.15, 0.2) is 9.84 Å². The minimum atomic E-state index is -3.67. The molecule has 210 valence electrons. The van der Waals surface area contributed by atoms with Gasteiger partial charge in [-0.1, -0.05) is 0 Å². The van der Waals surface area contributed by atoms with Crippen molar-refractivity contribution >= 4 is 65.6 Å². The maximum atomic E-state index is 12.8. The summed E-state index contributed by atoms with van der Waals surface area (Å²) >= 11 is 3.48. The normalized spacial score (nSPS) is 13.0. The third-order valence-corrected chi connectivity index (χ3v) is 8.71. The van der Waals surface area contributed by atoms with Crippen molar-refractivity contribution in [1.29, 1.82) is 0 Å². The van der Waals surface area contributed by atoms with Crippen molar-refractivity contribution in [2.24, 2.45) is 7.05 Å². The lowest BCUT2D eigenvalue weighted by Crippen LogP contribution is -2.20. The average Bonchev–Trinajstić information content (AvgIpc) is 3.25. The molecule has 0 aliphatic carbocycles. The SMILES string of the molecule is COc1cc2c(cc1Nc1ncc(Br)c(Nc3ccc4nccnc4c3S(C)(=O)=O)n1)-c1cnn(C)c1CCN2C. The number of halogens is 1. The number of aryl methyl sites for hydroxylation is 1. The largest absolute Gasteiger partial charge is 0.494 e. The molecule has 0 unspecified atom stereocenters. The van der Waals surface area contributed by atoms with E-state index in [1.165, 1.54) is 12.4 Å². The number of nitrogens with one attached hydrogen (secondary N) is 2. The minimum Gasteiger partial charge on any atom is -0.494 e. The molecule has 0 bridgehead atoms. The van der Waals surface area contributed by atoms with Gasteiger partial charge in [-0.3, -0.25) is 14.6 Å². The summed E-state index contributed by atoms with van der Waals surface area (Å²) < 4.78 is 33.8. The van der Waals surface area contributed by atoms with Gasteiger partial charge in [0.1, 0.15) is 22.0 Å². The highest BCUT2D eigenvalue weighted by Gasteiger charge is 2.24. The summed E-state index contributed by atoms with van der Waals surface area (Å²) in [4.78, 5) is 19.8. The second kappa shape index (κ2) is 10.3. The van der Waals surface area contributed by atoms with Gasteiger partial charge in [0.25, 0.3) is 0 Å². The van der Waals surface area contributed by atoms with Gasteiger partial charge in [0.2, 0.25) is 5.95 Å². The van der Waals surface area contributed by atoms with E-state index in [0.29, 0.717) is 32.9 Å². The standard InChI is InChI=1S/C27H26BrN9O3S/c1-36-10-7-21-16(13-32-37(21)2)15-11-20(23(40-3)12-22(15)36)34-27-31-14-17(28)26(35-27)33-19-6-5-18-24(30-9-8-29-18)25(19)41(4,38)39/h5-6,8-9,11-14H,7,10H2,1-4H3,(H2,31,33,34,35). The Hall–Kier alpha value is -4.30. The molecule has 0 fully saturated rings. The molecule has 5 aromatic rings. The summed E-state index contributed by atoms with van der Waals surface area (Å²) in [5, 5.41) is 10.9. The van der Waals surface area contributed by atoms with Crippen LogP contribution in [0.5, 0.6) is 5.75 Å². The molecule has 1 aliphatic rings. The summed E-state index contributed by atoms with van der Waals surface area (Å²) in [5.41, 5.74) is 6.00. The highest BCUT2D eigenvalue weighted by Crippen LogP contribution is 2.43. The predicted molar refractivity (Wildman–Crippen MR) is 161 cm³/mol. The van der Waals surface area contributed by atoms with Gasteiger partial charge < -0.3 is 20.3 Å². The van der Waals surface area contributed by atoms with Crippen LogP contribution in [-0.4, -0.2) is 65.1 Å². The summed E-state index contributed by atoms with van der Waals surface area (Å²) in [5.74, 6) is 1.26. The van der Waals surface area contributed by atoms with Crippen molar-refractivity contribution in [2.75, 3.05) is 42.5 Å². The molecule has 41 heavy (non-hydrogen) atoms. The molecule has 3 aromatic heterocycles. The van der Waals surface area contributed by atoms with Crippen LogP contribution in [0.4, 0.5) is 28.8 Å². The molecule has 0 amide bonds. The van der Waals surface area contributed by atoms with Crippen molar-refractivity contribution in [2.45, 2.75) is 11.3 Å². The predicted octanol–water partition coefficient (Wildman–Crippen LogP) is 4.47.